The van der Waals surface area contributed by atoms with Crippen LogP contribution in [0.15, 0.2) is 47.5 Å². The van der Waals surface area contributed by atoms with Gasteiger partial charge in [-0.15, -0.1) is 30.0 Å². The molecule has 192 valence electrons. The molecule has 1 saturated carbocycles. The third kappa shape index (κ3) is 6.44. The number of halogens is 4. The molecule has 0 bridgehead atoms. The second-order valence-corrected chi connectivity index (χ2v) is 10.1. The van der Waals surface area contributed by atoms with E-state index in [1.807, 2.05) is 24.3 Å². The molecule has 3 aromatic rings. The number of carboxylic acid groups (broad SMARTS) is 1. The van der Waals surface area contributed by atoms with E-state index in [2.05, 4.69) is 15.0 Å². The number of hydrogen-bond donors (Lipinski definition) is 1. The lowest BCUT2D eigenvalue weighted by Crippen LogP contribution is -2.21. The second kappa shape index (κ2) is 11.0. The normalized spacial score (nSPS) is 18.1. The summed E-state index contributed by atoms with van der Waals surface area (Å²) in [6.07, 6.45) is -2.25. The maximum Gasteiger partial charge on any atom is 0.573 e. The molecule has 2 aromatic carbocycles. The SMILES string of the molecule is COc1ccc(Cn2nnc(C(=O)O)c2S[C@H]2CC[C@H](c3cc(Cl)ccc3OC(F)(F)F)CC2)cc1. The van der Waals surface area contributed by atoms with Crippen molar-refractivity contribution in [2.24, 2.45) is 0 Å². The van der Waals surface area contributed by atoms with Crippen LogP contribution in [0.3, 0.4) is 0 Å². The number of hydrogen-bond acceptors (Lipinski definition) is 6. The first-order valence-corrected chi connectivity index (χ1v) is 12.4. The van der Waals surface area contributed by atoms with E-state index in [0.717, 1.165) is 5.56 Å². The summed E-state index contributed by atoms with van der Waals surface area (Å²) in [5, 5.41) is 18.4. The van der Waals surface area contributed by atoms with Crippen LogP contribution in [0.5, 0.6) is 11.5 Å². The van der Waals surface area contributed by atoms with Gasteiger partial charge in [-0.25, -0.2) is 9.48 Å². The maximum atomic E-state index is 12.9. The van der Waals surface area contributed by atoms with Crippen LogP contribution in [0, 0.1) is 0 Å². The van der Waals surface area contributed by atoms with Crippen molar-refractivity contribution in [2.75, 3.05) is 7.11 Å². The number of alkyl halides is 3. The minimum atomic E-state index is -4.79. The first-order chi connectivity index (χ1) is 17.1. The molecular weight excluding hydrogens is 519 g/mol. The quantitative estimate of drug-likeness (QED) is 0.353. The molecule has 1 heterocycles. The molecule has 0 aliphatic heterocycles. The highest BCUT2D eigenvalue weighted by Crippen LogP contribution is 2.44. The van der Waals surface area contributed by atoms with Gasteiger partial charge in [0.25, 0.3) is 0 Å². The number of thioether (sulfide) groups is 1. The van der Waals surface area contributed by atoms with Crippen molar-refractivity contribution >= 4 is 29.3 Å². The van der Waals surface area contributed by atoms with E-state index in [9.17, 15) is 23.1 Å². The van der Waals surface area contributed by atoms with Crippen LogP contribution in [0.25, 0.3) is 0 Å². The van der Waals surface area contributed by atoms with Crippen LogP contribution >= 0.6 is 23.4 Å². The van der Waals surface area contributed by atoms with Gasteiger partial charge in [0, 0.05) is 10.3 Å². The summed E-state index contributed by atoms with van der Waals surface area (Å²) in [6, 6.07) is 11.5. The van der Waals surface area contributed by atoms with Crippen molar-refractivity contribution in [3.63, 3.8) is 0 Å². The zero-order chi connectivity index (χ0) is 25.9. The number of methoxy groups -OCH3 is 1. The minimum absolute atomic E-state index is 0.0543. The molecule has 12 heteroatoms. The number of carbonyl (C=O) groups is 1. The van der Waals surface area contributed by atoms with Crippen LogP contribution in [0.2, 0.25) is 5.02 Å². The van der Waals surface area contributed by atoms with Crippen molar-refractivity contribution in [1.82, 2.24) is 15.0 Å². The van der Waals surface area contributed by atoms with Crippen LogP contribution in [-0.4, -0.2) is 44.8 Å². The van der Waals surface area contributed by atoms with Crippen molar-refractivity contribution in [2.45, 2.75) is 54.8 Å². The van der Waals surface area contributed by atoms with Gasteiger partial charge < -0.3 is 14.6 Å². The van der Waals surface area contributed by atoms with E-state index < -0.39 is 12.3 Å². The second-order valence-electron chi connectivity index (χ2n) is 8.38. The Balaban J connectivity index is 1.47. The molecule has 0 radical (unpaired) electrons. The molecule has 1 N–H and O–H groups in total. The van der Waals surface area contributed by atoms with Gasteiger partial charge in [-0.2, -0.15) is 0 Å². The molecule has 0 unspecified atom stereocenters. The highest BCUT2D eigenvalue weighted by Gasteiger charge is 2.34. The molecule has 1 fully saturated rings. The van der Waals surface area contributed by atoms with Crippen LogP contribution in [0.1, 0.15) is 53.2 Å². The summed E-state index contributed by atoms with van der Waals surface area (Å²) in [6.45, 7) is 0.336. The Bertz CT molecular complexity index is 1210. The smallest absolute Gasteiger partial charge is 0.497 e. The Morgan fingerprint density at radius 2 is 1.86 bits per heavy atom. The summed E-state index contributed by atoms with van der Waals surface area (Å²) in [5.41, 5.74) is 1.22. The number of rotatable bonds is 8. The standard InChI is InChI=1S/C24H23ClF3N3O4S/c1-34-17-7-2-14(3-8-17)13-31-22(21(23(32)33)29-30-31)36-18-9-4-15(5-10-18)19-12-16(25)6-11-20(19)35-24(26,27)28/h2-3,6-8,11-12,15,18H,4-5,9-10,13H2,1H3,(H,32,33)/t15-,18-. The molecule has 1 aliphatic carbocycles. The lowest BCUT2D eigenvalue weighted by Gasteiger charge is -2.29. The lowest BCUT2D eigenvalue weighted by molar-refractivity contribution is -0.275. The predicted molar refractivity (Wildman–Crippen MR) is 128 cm³/mol. The lowest BCUT2D eigenvalue weighted by atomic mass is 9.83. The summed E-state index contributed by atoms with van der Waals surface area (Å²) in [4.78, 5) is 11.8. The van der Waals surface area contributed by atoms with Gasteiger partial charge in [-0.3, -0.25) is 0 Å². The maximum absolute atomic E-state index is 12.9. The third-order valence-corrected chi connectivity index (χ3v) is 7.64. The molecular formula is C24H23ClF3N3O4S. The number of ether oxygens (including phenoxy) is 2. The Hall–Kier alpha value is -2.92. The molecule has 0 amide bonds. The average Bonchev–Trinajstić information content (AvgIpc) is 3.22. The van der Waals surface area contributed by atoms with Crippen molar-refractivity contribution in [1.29, 1.82) is 0 Å². The topological polar surface area (TPSA) is 86.5 Å². The largest absolute Gasteiger partial charge is 0.573 e. The average molecular weight is 542 g/mol. The number of aromatic nitrogens is 3. The highest BCUT2D eigenvalue weighted by atomic mass is 35.5. The molecule has 0 spiro atoms. The van der Waals surface area contributed by atoms with Gasteiger partial charge in [-0.05, 0) is 73.1 Å². The van der Waals surface area contributed by atoms with Gasteiger partial charge in [0.15, 0.2) is 0 Å². The Morgan fingerprint density at radius 3 is 2.47 bits per heavy atom. The van der Waals surface area contributed by atoms with Crippen molar-refractivity contribution < 1.29 is 32.5 Å². The third-order valence-electron chi connectivity index (χ3n) is 5.97. The van der Waals surface area contributed by atoms with Crippen LogP contribution in [-0.2, 0) is 6.54 Å². The number of carboxylic acids is 1. The molecule has 4 rings (SSSR count). The predicted octanol–water partition coefficient (Wildman–Crippen LogP) is 6.40. The van der Waals surface area contributed by atoms with E-state index in [0.29, 0.717) is 53.6 Å². The van der Waals surface area contributed by atoms with E-state index in [1.165, 1.54) is 30.0 Å². The van der Waals surface area contributed by atoms with Crippen molar-refractivity contribution in [3.05, 3.63) is 64.3 Å². The number of benzene rings is 2. The Labute approximate surface area is 214 Å². The summed E-state index contributed by atoms with van der Waals surface area (Å²) in [7, 11) is 1.57. The van der Waals surface area contributed by atoms with Crippen LogP contribution in [0.4, 0.5) is 13.2 Å². The fraction of sp³-hybridized carbons (Fsp3) is 0.375. The number of nitrogens with zero attached hydrogens (tertiary/aromatic N) is 3. The molecule has 0 saturated heterocycles. The van der Waals surface area contributed by atoms with E-state index in [4.69, 9.17) is 16.3 Å². The molecule has 1 aliphatic rings. The fourth-order valence-electron chi connectivity index (χ4n) is 4.27. The zero-order valence-corrected chi connectivity index (χ0v) is 20.7. The monoisotopic (exact) mass is 541 g/mol. The van der Waals surface area contributed by atoms with Gasteiger partial charge >= 0.3 is 12.3 Å². The highest BCUT2D eigenvalue weighted by molar-refractivity contribution is 7.99. The first kappa shape index (κ1) is 26.2. The van der Waals surface area contributed by atoms with Gasteiger partial charge in [0.05, 0.1) is 13.7 Å². The fourth-order valence-corrected chi connectivity index (χ4v) is 5.73. The van der Waals surface area contributed by atoms with Crippen LogP contribution < -0.4 is 9.47 Å². The number of aromatic carboxylic acids is 1. The Morgan fingerprint density at radius 1 is 1.17 bits per heavy atom. The summed E-state index contributed by atoms with van der Waals surface area (Å²) in [5.74, 6) is -0.851. The van der Waals surface area contributed by atoms with Gasteiger partial charge in [0.1, 0.15) is 16.5 Å². The first-order valence-electron chi connectivity index (χ1n) is 11.1. The van der Waals surface area contributed by atoms with E-state index in [-0.39, 0.29) is 22.6 Å². The summed E-state index contributed by atoms with van der Waals surface area (Å²) >= 11 is 7.45. The minimum Gasteiger partial charge on any atom is -0.497 e. The zero-order valence-electron chi connectivity index (χ0n) is 19.2. The summed E-state index contributed by atoms with van der Waals surface area (Å²) < 4.78 is 49.6. The Kier molecular flexibility index (Phi) is 7.99. The molecule has 1 aromatic heterocycles. The van der Waals surface area contributed by atoms with Crippen molar-refractivity contribution in [3.8, 4) is 11.5 Å². The van der Waals surface area contributed by atoms with E-state index >= 15 is 0 Å². The molecule has 7 nitrogen and oxygen atoms in total. The molecule has 0 atom stereocenters. The van der Waals surface area contributed by atoms with E-state index in [1.54, 1.807) is 11.8 Å². The van der Waals surface area contributed by atoms with Gasteiger partial charge in [-0.1, -0.05) is 28.9 Å². The van der Waals surface area contributed by atoms with Gasteiger partial charge in [0.2, 0.25) is 5.69 Å². The molecule has 36 heavy (non-hydrogen) atoms.